The molecule has 3 nitrogen and oxygen atoms in total. The molecule has 0 spiro atoms. The molecule has 1 aliphatic rings. The van der Waals surface area contributed by atoms with Crippen LogP contribution in [0.3, 0.4) is 0 Å². The monoisotopic (exact) mass is 371 g/mol. The van der Waals surface area contributed by atoms with Gasteiger partial charge in [-0.1, -0.05) is 18.2 Å². The average molecular weight is 371 g/mol. The first kappa shape index (κ1) is 17.1. The molecule has 1 N–H and O–H groups in total. The predicted octanol–water partition coefficient (Wildman–Crippen LogP) is 5.24. The van der Waals surface area contributed by atoms with Gasteiger partial charge in [0.2, 0.25) is 0 Å². The third-order valence-corrected chi connectivity index (χ3v) is 5.92. The Labute approximate surface area is 155 Å². The molecule has 0 saturated carbocycles. The zero-order valence-corrected chi connectivity index (χ0v) is 15.2. The molecule has 134 valence electrons. The number of aryl methyl sites for hydroxylation is 1. The Morgan fingerprint density at radius 3 is 2.85 bits per heavy atom. The number of benzene rings is 2. The summed E-state index contributed by atoms with van der Waals surface area (Å²) >= 11 is 1.64. The van der Waals surface area contributed by atoms with E-state index in [0.717, 1.165) is 41.1 Å². The zero-order chi connectivity index (χ0) is 18.1. The topological polar surface area (TPSA) is 31.9 Å². The number of hydrogen-bond donors (Lipinski definition) is 1. The molecule has 2 heterocycles. The number of aromatic nitrogens is 2. The number of imidazole rings is 1. The maximum atomic E-state index is 14.3. The number of aromatic amines is 1. The fourth-order valence-corrected chi connectivity index (χ4v) is 4.62. The van der Waals surface area contributed by atoms with Crippen LogP contribution < -0.4 is 4.90 Å². The van der Waals surface area contributed by atoms with E-state index in [-0.39, 0.29) is 5.25 Å². The maximum absolute atomic E-state index is 14.3. The summed E-state index contributed by atoms with van der Waals surface area (Å²) in [5.41, 5.74) is 2.71. The van der Waals surface area contributed by atoms with E-state index >= 15 is 0 Å². The van der Waals surface area contributed by atoms with E-state index in [1.54, 1.807) is 17.8 Å². The second-order valence-corrected chi connectivity index (χ2v) is 7.71. The molecule has 2 aromatic carbocycles. The van der Waals surface area contributed by atoms with Gasteiger partial charge in [0, 0.05) is 40.2 Å². The van der Waals surface area contributed by atoms with Crippen LogP contribution in [0.1, 0.15) is 28.8 Å². The minimum atomic E-state index is -0.542. The Kier molecular flexibility index (Phi) is 4.68. The fourth-order valence-electron chi connectivity index (χ4n) is 3.30. The lowest BCUT2D eigenvalue weighted by Crippen LogP contribution is -2.24. The fraction of sp³-hybridized carbons (Fsp3) is 0.250. The molecular weight excluding hydrogens is 352 g/mol. The van der Waals surface area contributed by atoms with Gasteiger partial charge in [-0.2, -0.15) is 0 Å². The number of rotatable bonds is 3. The number of fused-ring (bicyclic) bond motifs is 1. The quantitative estimate of drug-likeness (QED) is 0.683. The van der Waals surface area contributed by atoms with Crippen LogP contribution in [-0.2, 0) is 6.54 Å². The summed E-state index contributed by atoms with van der Waals surface area (Å²) in [5.74, 6) is -0.108. The van der Waals surface area contributed by atoms with Gasteiger partial charge < -0.3 is 9.88 Å². The van der Waals surface area contributed by atoms with Crippen molar-refractivity contribution in [1.29, 1.82) is 0 Å². The van der Waals surface area contributed by atoms with Crippen molar-refractivity contribution in [2.75, 3.05) is 11.4 Å². The second-order valence-electron chi connectivity index (χ2n) is 6.46. The van der Waals surface area contributed by atoms with Crippen molar-refractivity contribution in [1.82, 2.24) is 9.97 Å². The van der Waals surface area contributed by atoms with E-state index in [9.17, 15) is 8.78 Å². The van der Waals surface area contributed by atoms with Crippen LogP contribution in [-0.4, -0.2) is 16.5 Å². The summed E-state index contributed by atoms with van der Waals surface area (Å²) in [6, 6.07) is 12.0. The van der Waals surface area contributed by atoms with Crippen molar-refractivity contribution in [3.63, 3.8) is 0 Å². The summed E-state index contributed by atoms with van der Waals surface area (Å²) < 4.78 is 27.6. The van der Waals surface area contributed by atoms with E-state index < -0.39 is 11.6 Å². The van der Waals surface area contributed by atoms with Gasteiger partial charge in [-0.15, -0.1) is 11.8 Å². The highest BCUT2D eigenvalue weighted by Gasteiger charge is 2.25. The SMILES string of the molecule is Cc1cnc(CN2CCC(c3ccc(F)cc3F)Sc3ccccc32)[nH]1. The van der Waals surface area contributed by atoms with Gasteiger partial charge in [0.05, 0.1) is 12.2 Å². The third-order valence-electron chi connectivity index (χ3n) is 4.54. The molecule has 3 aromatic rings. The molecule has 6 heteroatoms. The summed E-state index contributed by atoms with van der Waals surface area (Å²) in [5, 5.41) is -0.0555. The van der Waals surface area contributed by atoms with Crippen molar-refractivity contribution in [2.24, 2.45) is 0 Å². The minimum Gasteiger partial charge on any atom is -0.363 e. The van der Waals surface area contributed by atoms with E-state index in [4.69, 9.17) is 0 Å². The van der Waals surface area contributed by atoms with E-state index in [1.165, 1.54) is 6.07 Å². The molecule has 1 aromatic heterocycles. The highest BCUT2D eigenvalue weighted by molar-refractivity contribution is 7.99. The Morgan fingerprint density at radius 2 is 2.08 bits per heavy atom. The number of para-hydroxylation sites is 1. The molecule has 0 radical (unpaired) electrons. The number of nitrogens with one attached hydrogen (secondary N) is 1. The summed E-state index contributed by atoms with van der Waals surface area (Å²) in [6.07, 6.45) is 2.59. The first-order valence-electron chi connectivity index (χ1n) is 8.56. The van der Waals surface area contributed by atoms with Crippen LogP contribution >= 0.6 is 11.8 Å². The molecule has 0 saturated heterocycles. The molecule has 0 bridgehead atoms. The maximum Gasteiger partial charge on any atom is 0.130 e. The van der Waals surface area contributed by atoms with Crippen molar-refractivity contribution < 1.29 is 8.78 Å². The summed E-state index contributed by atoms with van der Waals surface area (Å²) in [6.45, 7) is 3.42. The van der Waals surface area contributed by atoms with Crippen molar-refractivity contribution >= 4 is 17.4 Å². The molecule has 1 aliphatic heterocycles. The number of H-pyrrole nitrogens is 1. The Bertz CT molecular complexity index is 925. The Balaban J connectivity index is 1.65. The Hall–Kier alpha value is -2.34. The number of thioether (sulfide) groups is 1. The van der Waals surface area contributed by atoms with Crippen molar-refractivity contribution in [3.8, 4) is 0 Å². The lowest BCUT2D eigenvalue weighted by Gasteiger charge is -2.23. The number of nitrogens with zero attached hydrogens (tertiary/aromatic N) is 2. The standard InChI is InChI=1S/C20H19F2N3S/c1-13-11-23-20(24-13)12-25-9-8-18(15-7-6-14(21)10-16(15)22)26-19-5-3-2-4-17(19)25/h2-7,10-11,18H,8-9,12H2,1H3,(H,23,24). The van der Waals surface area contributed by atoms with Gasteiger partial charge in [-0.25, -0.2) is 13.8 Å². The van der Waals surface area contributed by atoms with Gasteiger partial charge in [-0.3, -0.25) is 0 Å². The van der Waals surface area contributed by atoms with E-state index in [1.807, 2.05) is 25.3 Å². The van der Waals surface area contributed by atoms with Crippen LogP contribution in [0, 0.1) is 18.6 Å². The molecule has 1 atom stereocenters. The number of anilines is 1. The van der Waals surface area contributed by atoms with Crippen LogP contribution in [0.4, 0.5) is 14.5 Å². The normalized spacial score (nSPS) is 17.0. The predicted molar refractivity (Wildman–Crippen MR) is 100 cm³/mol. The lowest BCUT2D eigenvalue weighted by molar-refractivity contribution is 0.567. The summed E-state index contributed by atoms with van der Waals surface area (Å²) in [7, 11) is 0. The van der Waals surface area contributed by atoms with Gasteiger partial charge in [0.25, 0.3) is 0 Å². The van der Waals surface area contributed by atoms with Crippen molar-refractivity contribution in [2.45, 2.75) is 30.0 Å². The lowest BCUT2D eigenvalue weighted by atomic mass is 10.1. The molecule has 4 rings (SSSR count). The zero-order valence-electron chi connectivity index (χ0n) is 14.4. The number of hydrogen-bond acceptors (Lipinski definition) is 3. The summed E-state index contributed by atoms with van der Waals surface area (Å²) in [4.78, 5) is 11.0. The molecule has 0 aliphatic carbocycles. The smallest absolute Gasteiger partial charge is 0.130 e. The van der Waals surface area contributed by atoms with Crippen LogP contribution in [0.25, 0.3) is 0 Å². The largest absolute Gasteiger partial charge is 0.363 e. The number of halogens is 2. The van der Waals surface area contributed by atoms with Gasteiger partial charge in [0.1, 0.15) is 17.5 Å². The second kappa shape index (κ2) is 7.11. The minimum absolute atomic E-state index is 0.0555. The molecular formula is C20H19F2N3S. The van der Waals surface area contributed by atoms with Gasteiger partial charge in [0.15, 0.2) is 0 Å². The molecule has 26 heavy (non-hydrogen) atoms. The third kappa shape index (κ3) is 3.46. The van der Waals surface area contributed by atoms with E-state index in [2.05, 4.69) is 27.0 Å². The molecule has 1 unspecified atom stereocenters. The van der Waals surface area contributed by atoms with Crippen molar-refractivity contribution in [3.05, 3.63) is 77.4 Å². The van der Waals surface area contributed by atoms with E-state index in [0.29, 0.717) is 12.1 Å². The van der Waals surface area contributed by atoms with Crippen LogP contribution in [0.2, 0.25) is 0 Å². The average Bonchev–Trinajstić information content (AvgIpc) is 2.94. The first-order valence-corrected chi connectivity index (χ1v) is 9.44. The molecule has 0 fully saturated rings. The van der Waals surface area contributed by atoms with Crippen LogP contribution in [0.15, 0.2) is 53.6 Å². The highest BCUT2D eigenvalue weighted by Crippen LogP contribution is 2.45. The highest BCUT2D eigenvalue weighted by atomic mass is 32.2. The van der Waals surface area contributed by atoms with Gasteiger partial charge >= 0.3 is 0 Å². The van der Waals surface area contributed by atoms with Crippen LogP contribution in [0.5, 0.6) is 0 Å². The Morgan fingerprint density at radius 1 is 1.23 bits per heavy atom. The van der Waals surface area contributed by atoms with Gasteiger partial charge in [-0.05, 0) is 31.5 Å². The first-order chi connectivity index (χ1) is 12.6. The molecule has 0 amide bonds.